The van der Waals surface area contributed by atoms with Gasteiger partial charge in [-0.15, -0.1) is 0 Å². The minimum Gasteiger partial charge on any atom is -0.383 e. The molecule has 0 radical (unpaired) electrons. The molecule has 0 bridgehead atoms. The van der Waals surface area contributed by atoms with Gasteiger partial charge in [-0.3, -0.25) is 0 Å². The molecule has 0 spiro atoms. The summed E-state index contributed by atoms with van der Waals surface area (Å²) in [4.78, 5) is 4.64. The number of imidazole rings is 1. The number of aromatic nitrogens is 2. The average Bonchev–Trinajstić information content (AvgIpc) is 3.13. The van der Waals surface area contributed by atoms with Gasteiger partial charge in [0, 0.05) is 23.6 Å². The van der Waals surface area contributed by atoms with E-state index in [0.29, 0.717) is 21.8 Å². The molecule has 1 aromatic carbocycles. The number of nitrogens with two attached hydrogens (primary N) is 1. The quantitative estimate of drug-likeness (QED) is 0.909. The van der Waals surface area contributed by atoms with Crippen molar-refractivity contribution in [3.8, 4) is 11.3 Å². The first-order valence-corrected chi connectivity index (χ1v) is 6.61. The minimum absolute atomic E-state index is 0.545. The first kappa shape index (κ1) is 11.9. The lowest BCUT2D eigenvalue weighted by molar-refractivity contribution is 0.807. The molecule has 0 amide bonds. The van der Waals surface area contributed by atoms with Crippen molar-refractivity contribution in [3.63, 3.8) is 0 Å². The highest BCUT2D eigenvalue weighted by molar-refractivity contribution is 6.35. The van der Waals surface area contributed by atoms with Gasteiger partial charge >= 0.3 is 0 Å². The van der Waals surface area contributed by atoms with E-state index >= 15 is 0 Å². The van der Waals surface area contributed by atoms with Crippen molar-refractivity contribution in [1.82, 2.24) is 9.55 Å². The third-order valence-corrected chi connectivity index (χ3v) is 3.86. The predicted molar refractivity (Wildman–Crippen MR) is 75.1 cm³/mol. The van der Waals surface area contributed by atoms with Crippen molar-refractivity contribution in [2.45, 2.75) is 18.8 Å². The van der Waals surface area contributed by atoms with Crippen LogP contribution in [0.3, 0.4) is 0 Å². The summed E-state index contributed by atoms with van der Waals surface area (Å²) in [6, 6.07) is 5.33. The van der Waals surface area contributed by atoms with Gasteiger partial charge < -0.3 is 10.3 Å². The van der Waals surface area contributed by atoms with Crippen LogP contribution in [0.25, 0.3) is 11.3 Å². The normalized spacial score (nSPS) is 15.1. The second-order valence-electron chi connectivity index (χ2n) is 4.66. The Hall–Kier alpha value is -1.19. The maximum absolute atomic E-state index is 6.20. The second-order valence-corrected chi connectivity index (χ2v) is 5.50. The van der Waals surface area contributed by atoms with E-state index in [1.165, 1.54) is 12.8 Å². The molecule has 3 nitrogen and oxygen atoms in total. The molecule has 3 rings (SSSR count). The molecule has 0 atom stereocenters. The lowest BCUT2D eigenvalue weighted by Gasteiger charge is -2.03. The lowest BCUT2D eigenvalue weighted by atomic mass is 10.1. The number of benzene rings is 1. The van der Waals surface area contributed by atoms with Crippen LogP contribution in [-0.4, -0.2) is 9.55 Å². The maximum Gasteiger partial charge on any atom is 0.131 e. The topological polar surface area (TPSA) is 43.8 Å². The van der Waals surface area contributed by atoms with Crippen molar-refractivity contribution in [1.29, 1.82) is 0 Å². The zero-order valence-electron chi connectivity index (χ0n) is 9.95. The molecule has 1 aromatic heterocycles. The fraction of sp³-hybridized carbons (Fsp3) is 0.308. The van der Waals surface area contributed by atoms with Gasteiger partial charge in [0.2, 0.25) is 0 Å². The average molecular weight is 282 g/mol. The number of hydrogen-bond donors (Lipinski definition) is 1. The van der Waals surface area contributed by atoms with E-state index in [-0.39, 0.29) is 0 Å². The summed E-state index contributed by atoms with van der Waals surface area (Å²) in [7, 11) is 1.94. The highest BCUT2D eigenvalue weighted by Gasteiger charge is 2.30. The highest BCUT2D eigenvalue weighted by atomic mass is 35.5. The van der Waals surface area contributed by atoms with Gasteiger partial charge in [0.05, 0.1) is 5.02 Å². The third-order valence-electron chi connectivity index (χ3n) is 3.30. The Balaban J connectivity index is 2.16. The maximum atomic E-state index is 6.20. The molecule has 1 aliphatic rings. The van der Waals surface area contributed by atoms with Crippen LogP contribution in [0.1, 0.15) is 24.6 Å². The number of hydrogen-bond acceptors (Lipinski definition) is 2. The predicted octanol–water partition coefficient (Wildman–Crippen LogP) is 3.85. The largest absolute Gasteiger partial charge is 0.383 e. The summed E-state index contributed by atoms with van der Waals surface area (Å²) in [6.07, 6.45) is 2.38. The smallest absolute Gasteiger partial charge is 0.131 e. The fourth-order valence-corrected chi connectivity index (χ4v) is 2.49. The van der Waals surface area contributed by atoms with Crippen LogP contribution >= 0.6 is 23.2 Å². The summed E-state index contributed by atoms with van der Waals surface area (Å²) in [5.41, 5.74) is 7.64. The molecule has 1 heterocycles. The van der Waals surface area contributed by atoms with Gasteiger partial charge in [-0.1, -0.05) is 23.2 Å². The van der Waals surface area contributed by atoms with Crippen LogP contribution in [0, 0.1) is 0 Å². The first-order chi connectivity index (χ1) is 8.58. The summed E-state index contributed by atoms with van der Waals surface area (Å²) in [6.45, 7) is 0. The molecule has 5 heteroatoms. The van der Waals surface area contributed by atoms with E-state index < -0.39 is 0 Å². The first-order valence-electron chi connectivity index (χ1n) is 5.85. The van der Waals surface area contributed by atoms with Crippen molar-refractivity contribution < 1.29 is 0 Å². The van der Waals surface area contributed by atoms with E-state index in [1.807, 2.05) is 11.6 Å². The molecule has 94 valence electrons. The molecule has 1 saturated carbocycles. The van der Waals surface area contributed by atoms with Crippen LogP contribution < -0.4 is 5.73 Å². The van der Waals surface area contributed by atoms with Gasteiger partial charge in [0.25, 0.3) is 0 Å². The Morgan fingerprint density at radius 2 is 2.06 bits per heavy atom. The Morgan fingerprint density at radius 3 is 2.72 bits per heavy atom. The highest BCUT2D eigenvalue weighted by Crippen LogP contribution is 2.42. The molecule has 2 N–H and O–H groups in total. The third kappa shape index (κ3) is 1.88. The molecule has 1 fully saturated rings. The Morgan fingerprint density at radius 1 is 1.33 bits per heavy atom. The van der Waals surface area contributed by atoms with Crippen LogP contribution in [0.2, 0.25) is 10.0 Å². The van der Waals surface area contributed by atoms with Crippen LogP contribution in [-0.2, 0) is 7.05 Å². The van der Waals surface area contributed by atoms with Crippen molar-refractivity contribution in [2.75, 3.05) is 5.73 Å². The molecular formula is C13H13Cl2N3. The molecule has 0 unspecified atom stereocenters. The second kappa shape index (κ2) is 4.18. The van der Waals surface area contributed by atoms with Gasteiger partial charge in [-0.25, -0.2) is 4.98 Å². The fourth-order valence-electron chi connectivity index (χ4n) is 2.11. The van der Waals surface area contributed by atoms with Crippen molar-refractivity contribution in [3.05, 3.63) is 34.1 Å². The van der Waals surface area contributed by atoms with E-state index in [0.717, 1.165) is 17.1 Å². The molecule has 18 heavy (non-hydrogen) atoms. The molecular weight excluding hydrogens is 269 g/mol. The zero-order valence-corrected chi connectivity index (χ0v) is 11.5. The van der Waals surface area contributed by atoms with E-state index in [4.69, 9.17) is 28.9 Å². The number of nitrogens with zero attached hydrogens (tertiary/aromatic N) is 2. The summed E-state index contributed by atoms with van der Waals surface area (Å²) in [5.74, 6) is 2.23. The summed E-state index contributed by atoms with van der Waals surface area (Å²) >= 11 is 12.2. The van der Waals surface area contributed by atoms with Crippen LogP contribution in [0.4, 0.5) is 5.82 Å². The van der Waals surface area contributed by atoms with Gasteiger partial charge in [-0.05, 0) is 31.0 Å². The summed E-state index contributed by atoms with van der Waals surface area (Å²) < 4.78 is 1.95. The Labute approximate surface area is 116 Å². The standard InChI is InChI=1S/C13H13Cl2N3/c1-18-12(16)11(17-13(18)7-2-3-7)9-6-8(14)4-5-10(9)15/h4-7H,2-3,16H2,1H3. The number of halogens is 2. The number of nitrogen functional groups attached to an aromatic ring is 1. The van der Waals surface area contributed by atoms with Gasteiger partial charge in [0.15, 0.2) is 0 Å². The van der Waals surface area contributed by atoms with E-state index in [1.54, 1.807) is 18.2 Å². The molecule has 0 aliphatic heterocycles. The van der Waals surface area contributed by atoms with Gasteiger partial charge in [-0.2, -0.15) is 0 Å². The monoisotopic (exact) mass is 281 g/mol. The Bertz CT molecular complexity index is 615. The van der Waals surface area contributed by atoms with E-state index in [9.17, 15) is 0 Å². The number of rotatable bonds is 2. The van der Waals surface area contributed by atoms with Crippen LogP contribution in [0.5, 0.6) is 0 Å². The SMILES string of the molecule is Cn1c(C2CC2)nc(-c2cc(Cl)ccc2Cl)c1N. The van der Waals surface area contributed by atoms with Crippen LogP contribution in [0.15, 0.2) is 18.2 Å². The van der Waals surface area contributed by atoms with Crippen molar-refractivity contribution >= 4 is 29.0 Å². The molecule has 1 aliphatic carbocycles. The summed E-state index contributed by atoms with van der Waals surface area (Å²) in [5, 5.41) is 1.25. The van der Waals surface area contributed by atoms with Crippen molar-refractivity contribution in [2.24, 2.45) is 7.05 Å². The van der Waals surface area contributed by atoms with E-state index in [2.05, 4.69) is 4.98 Å². The number of anilines is 1. The lowest BCUT2D eigenvalue weighted by Crippen LogP contribution is -2.00. The zero-order chi connectivity index (χ0) is 12.9. The van der Waals surface area contributed by atoms with Gasteiger partial charge in [0.1, 0.15) is 17.3 Å². The molecule has 2 aromatic rings. The Kier molecular flexibility index (Phi) is 2.76. The minimum atomic E-state index is 0.545. The molecule has 0 saturated heterocycles.